The van der Waals surface area contributed by atoms with Crippen LogP contribution in [0.2, 0.25) is 0 Å². The molecule has 0 aliphatic carbocycles. The molecule has 156 valence electrons. The van der Waals surface area contributed by atoms with Crippen molar-refractivity contribution in [1.82, 2.24) is 5.43 Å². The number of nitrogens with zero attached hydrogens (tertiary/aromatic N) is 1. The van der Waals surface area contributed by atoms with E-state index >= 15 is 0 Å². The predicted octanol–water partition coefficient (Wildman–Crippen LogP) is 3.78. The van der Waals surface area contributed by atoms with Gasteiger partial charge in [-0.1, -0.05) is 30.3 Å². The van der Waals surface area contributed by atoms with E-state index in [0.29, 0.717) is 28.6 Å². The first-order chi connectivity index (χ1) is 14.5. The van der Waals surface area contributed by atoms with E-state index in [1.54, 1.807) is 33.3 Å². The third-order valence-corrected chi connectivity index (χ3v) is 4.52. The highest BCUT2D eigenvalue weighted by atomic mass is 16.5. The number of methoxy groups -OCH3 is 3. The van der Waals surface area contributed by atoms with Crippen LogP contribution in [0.25, 0.3) is 10.8 Å². The Labute approximate surface area is 175 Å². The number of ether oxygens (including phenoxy) is 4. The Hall–Kier alpha value is -3.74. The van der Waals surface area contributed by atoms with E-state index in [0.717, 1.165) is 10.8 Å². The molecule has 0 saturated carbocycles. The van der Waals surface area contributed by atoms with Crippen molar-refractivity contribution in [2.75, 3.05) is 21.3 Å². The van der Waals surface area contributed by atoms with Crippen LogP contribution in [0, 0.1) is 0 Å². The zero-order chi connectivity index (χ0) is 21.5. The number of rotatable bonds is 8. The van der Waals surface area contributed by atoms with Crippen LogP contribution in [0.1, 0.15) is 12.5 Å². The topological polar surface area (TPSA) is 78.4 Å². The number of hydrogen-bond donors (Lipinski definition) is 1. The molecular formula is C23H24N2O5. The van der Waals surface area contributed by atoms with Gasteiger partial charge in [0, 0.05) is 11.6 Å². The molecule has 3 aromatic rings. The molecule has 3 rings (SSSR count). The van der Waals surface area contributed by atoms with Gasteiger partial charge in [-0.3, -0.25) is 4.79 Å². The van der Waals surface area contributed by atoms with Gasteiger partial charge in [0.25, 0.3) is 5.91 Å². The van der Waals surface area contributed by atoms with Crippen LogP contribution in [-0.2, 0) is 4.79 Å². The summed E-state index contributed by atoms with van der Waals surface area (Å²) in [5.74, 6) is 1.83. The summed E-state index contributed by atoms with van der Waals surface area (Å²) < 4.78 is 21.6. The molecular weight excluding hydrogens is 384 g/mol. The number of nitrogens with one attached hydrogen (secondary N) is 1. The second kappa shape index (κ2) is 9.65. The van der Waals surface area contributed by atoms with Crippen LogP contribution in [-0.4, -0.2) is 39.6 Å². The smallest absolute Gasteiger partial charge is 0.280 e. The zero-order valence-electron chi connectivity index (χ0n) is 17.3. The average Bonchev–Trinajstić information content (AvgIpc) is 2.78. The molecule has 0 fully saturated rings. The molecule has 7 nitrogen and oxygen atoms in total. The maximum absolute atomic E-state index is 12.4. The SMILES string of the molecule is COc1cc(OC)c(OC)cc1/C=N/NC(=O)C(C)Oc1ccc2ccccc2c1. The first-order valence-electron chi connectivity index (χ1n) is 9.34. The monoisotopic (exact) mass is 408 g/mol. The largest absolute Gasteiger partial charge is 0.496 e. The Morgan fingerprint density at radius 1 is 0.900 bits per heavy atom. The number of carbonyl (C=O) groups excluding carboxylic acids is 1. The van der Waals surface area contributed by atoms with E-state index in [1.807, 2.05) is 42.5 Å². The summed E-state index contributed by atoms with van der Waals surface area (Å²) >= 11 is 0. The second-order valence-electron chi connectivity index (χ2n) is 6.45. The molecule has 0 aromatic heterocycles. The van der Waals surface area contributed by atoms with Gasteiger partial charge in [-0.25, -0.2) is 5.43 Å². The summed E-state index contributed by atoms with van der Waals surface area (Å²) in [4.78, 5) is 12.4. The summed E-state index contributed by atoms with van der Waals surface area (Å²) in [6, 6.07) is 17.0. The van der Waals surface area contributed by atoms with Gasteiger partial charge in [0.05, 0.1) is 27.5 Å². The maximum Gasteiger partial charge on any atom is 0.280 e. The minimum atomic E-state index is -0.726. The Balaban J connectivity index is 1.66. The van der Waals surface area contributed by atoms with E-state index < -0.39 is 6.10 Å². The Morgan fingerprint density at radius 3 is 2.27 bits per heavy atom. The lowest BCUT2D eigenvalue weighted by atomic mass is 10.1. The summed E-state index contributed by atoms with van der Waals surface area (Å²) in [5.41, 5.74) is 3.11. The van der Waals surface area contributed by atoms with Gasteiger partial charge in [0.2, 0.25) is 0 Å². The summed E-state index contributed by atoms with van der Waals surface area (Å²) in [5, 5.41) is 6.16. The summed E-state index contributed by atoms with van der Waals surface area (Å²) in [6.07, 6.45) is 0.747. The van der Waals surface area contributed by atoms with Crippen molar-refractivity contribution >= 4 is 22.9 Å². The van der Waals surface area contributed by atoms with Crippen LogP contribution in [0.3, 0.4) is 0 Å². The Kier molecular flexibility index (Phi) is 6.75. The van der Waals surface area contributed by atoms with Gasteiger partial charge in [0.1, 0.15) is 11.5 Å². The molecule has 0 bridgehead atoms. The number of fused-ring (bicyclic) bond motifs is 1. The molecule has 1 amide bonds. The fraction of sp³-hybridized carbons (Fsp3) is 0.217. The van der Waals surface area contributed by atoms with E-state index in [9.17, 15) is 4.79 Å². The standard InChI is InChI=1S/C23H24N2O5/c1-15(30-19-10-9-16-7-5-6-8-17(16)11-19)23(26)25-24-14-18-12-21(28-3)22(29-4)13-20(18)27-2/h5-15H,1-4H3,(H,25,26)/b24-14+. The fourth-order valence-corrected chi connectivity index (χ4v) is 2.91. The van der Waals surface area contributed by atoms with Crippen molar-refractivity contribution < 1.29 is 23.7 Å². The molecule has 1 atom stereocenters. The van der Waals surface area contributed by atoms with Gasteiger partial charge in [0.15, 0.2) is 17.6 Å². The number of hydrazone groups is 1. The molecule has 0 heterocycles. The van der Waals surface area contributed by atoms with Crippen LogP contribution in [0.15, 0.2) is 59.7 Å². The van der Waals surface area contributed by atoms with Crippen LogP contribution in [0.5, 0.6) is 23.0 Å². The molecule has 0 saturated heterocycles. The molecule has 0 aliphatic heterocycles. The van der Waals surface area contributed by atoms with Gasteiger partial charge >= 0.3 is 0 Å². The summed E-state index contributed by atoms with van der Waals surface area (Å²) in [6.45, 7) is 1.66. The molecule has 0 radical (unpaired) electrons. The van der Waals surface area contributed by atoms with Gasteiger partial charge in [-0.15, -0.1) is 0 Å². The first-order valence-corrected chi connectivity index (χ1v) is 9.34. The number of amides is 1. The lowest BCUT2D eigenvalue weighted by Gasteiger charge is -2.14. The van der Waals surface area contributed by atoms with E-state index in [-0.39, 0.29) is 5.91 Å². The normalized spacial score (nSPS) is 11.9. The van der Waals surface area contributed by atoms with Crippen LogP contribution < -0.4 is 24.4 Å². The van der Waals surface area contributed by atoms with Crippen molar-refractivity contribution in [2.45, 2.75) is 13.0 Å². The molecule has 7 heteroatoms. The predicted molar refractivity (Wildman–Crippen MR) is 116 cm³/mol. The highest BCUT2D eigenvalue weighted by Gasteiger charge is 2.15. The van der Waals surface area contributed by atoms with Crippen molar-refractivity contribution in [3.8, 4) is 23.0 Å². The summed E-state index contributed by atoms with van der Waals surface area (Å²) in [7, 11) is 4.62. The lowest BCUT2D eigenvalue weighted by molar-refractivity contribution is -0.127. The highest BCUT2D eigenvalue weighted by Crippen LogP contribution is 2.33. The number of carbonyl (C=O) groups is 1. The second-order valence-corrected chi connectivity index (χ2v) is 6.45. The van der Waals surface area contributed by atoms with E-state index in [4.69, 9.17) is 18.9 Å². The molecule has 3 aromatic carbocycles. The number of benzene rings is 3. The van der Waals surface area contributed by atoms with E-state index in [1.165, 1.54) is 13.3 Å². The zero-order valence-corrected chi connectivity index (χ0v) is 17.3. The Bertz CT molecular complexity index is 1060. The molecule has 0 aliphatic rings. The van der Waals surface area contributed by atoms with Crippen LogP contribution >= 0.6 is 0 Å². The van der Waals surface area contributed by atoms with Gasteiger partial charge in [-0.05, 0) is 35.9 Å². The third-order valence-electron chi connectivity index (χ3n) is 4.52. The average molecular weight is 408 g/mol. The van der Waals surface area contributed by atoms with Crippen molar-refractivity contribution in [2.24, 2.45) is 5.10 Å². The maximum atomic E-state index is 12.4. The molecule has 0 spiro atoms. The highest BCUT2D eigenvalue weighted by molar-refractivity contribution is 5.88. The van der Waals surface area contributed by atoms with Crippen LogP contribution in [0.4, 0.5) is 0 Å². The van der Waals surface area contributed by atoms with Crippen molar-refractivity contribution in [3.63, 3.8) is 0 Å². The number of hydrogen-bond acceptors (Lipinski definition) is 6. The third kappa shape index (κ3) is 4.81. The minimum absolute atomic E-state index is 0.376. The molecule has 1 N–H and O–H groups in total. The van der Waals surface area contributed by atoms with Crippen molar-refractivity contribution in [1.29, 1.82) is 0 Å². The Morgan fingerprint density at radius 2 is 1.57 bits per heavy atom. The van der Waals surface area contributed by atoms with Crippen molar-refractivity contribution in [3.05, 3.63) is 60.2 Å². The van der Waals surface area contributed by atoms with Gasteiger partial charge in [-0.2, -0.15) is 5.10 Å². The van der Waals surface area contributed by atoms with E-state index in [2.05, 4.69) is 10.5 Å². The first kappa shape index (κ1) is 21.0. The van der Waals surface area contributed by atoms with Gasteiger partial charge < -0.3 is 18.9 Å². The minimum Gasteiger partial charge on any atom is -0.496 e. The molecule has 1 unspecified atom stereocenters. The fourth-order valence-electron chi connectivity index (χ4n) is 2.91. The molecule has 30 heavy (non-hydrogen) atoms. The lowest BCUT2D eigenvalue weighted by Crippen LogP contribution is -2.33. The quantitative estimate of drug-likeness (QED) is 0.453.